The van der Waals surface area contributed by atoms with Gasteiger partial charge in [-0.05, 0) is 36.8 Å². The molecule has 0 aliphatic carbocycles. The summed E-state index contributed by atoms with van der Waals surface area (Å²) in [6.07, 6.45) is -0.0709. The number of thioether (sulfide) groups is 1. The van der Waals surface area contributed by atoms with Crippen molar-refractivity contribution in [2.45, 2.75) is 18.1 Å². The Kier molecular flexibility index (Phi) is 6.03. The highest BCUT2D eigenvalue weighted by atomic mass is 79.9. The molecule has 0 unspecified atom stereocenters. The molecule has 1 saturated heterocycles. The van der Waals surface area contributed by atoms with Crippen LogP contribution in [0.5, 0.6) is 0 Å². The number of alkyl halides is 1. The first kappa shape index (κ1) is 20.5. The molecule has 0 aromatic heterocycles. The van der Waals surface area contributed by atoms with Gasteiger partial charge in [0.1, 0.15) is 18.0 Å². The van der Waals surface area contributed by atoms with E-state index in [1.807, 2.05) is 6.07 Å². The van der Waals surface area contributed by atoms with Gasteiger partial charge in [-0.2, -0.15) is 0 Å². The standard InChI is InChI=1S/C21H19BrF2N2O2S/c22-15-6-7-18(24)17(9-15)21-12-28-16(10-23)8-14(21)11-29-20(26-21)25-19(27)13-4-2-1-3-5-13/h1-7,9,14,16H,8,10-12H2,(H,25,26,27)/t14-,16+,21-/m0/s1. The predicted molar refractivity (Wildman–Crippen MR) is 113 cm³/mol. The van der Waals surface area contributed by atoms with Crippen LogP contribution < -0.4 is 5.32 Å². The zero-order valence-corrected chi connectivity index (χ0v) is 17.8. The highest BCUT2D eigenvalue weighted by Crippen LogP contribution is 2.47. The molecule has 0 bridgehead atoms. The lowest BCUT2D eigenvalue weighted by Gasteiger charge is -2.46. The summed E-state index contributed by atoms with van der Waals surface area (Å²) in [5, 5.41) is 3.25. The summed E-state index contributed by atoms with van der Waals surface area (Å²) in [5.41, 5.74) is -0.108. The Bertz CT molecular complexity index is 944. The Balaban J connectivity index is 1.71. The number of nitrogens with zero attached hydrogens (tertiary/aromatic N) is 1. The minimum Gasteiger partial charge on any atom is -0.373 e. The normalized spacial score (nSPS) is 26.4. The smallest absolute Gasteiger partial charge is 0.257 e. The minimum absolute atomic E-state index is 0.0604. The van der Waals surface area contributed by atoms with Gasteiger partial charge in [0.2, 0.25) is 0 Å². The van der Waals surface area contributed by atoms with E-state index in [4.69, 9.17) is 9.73 Å². The molecular formula is C21H19BrF2N2O2S. The summed E-state index contributed by atoms with van der Waals surface area (Å²) in [5.74, 6) is -0.203. The van der Waals surface area contributed by atoms with Crippen LogP contribution in [0.4, 0.5) is 8.78 Å². The molecule has 0 radical (unpaired) electrons. The molecule has 2 aliphatic heterocycles. The monoisotopic (exact) mass is 480 g/mol. The number of hydrogen-bond acceptors (Lipinski definition) is 4. The zero-order chi connectivity index (χ0) is 20.4. The number of amides is 1. The Morgan fingerprint density at radius 2 is 2.10 bits per heavy atom. The van der Waals surface area contributed by atoms with Crippen molar-refractivity contribution in [3.8, 4) is 0 Å². The van der Waals surface area contributed by atoms with E-state index in [0.717, 1.165) is 4.47 Å². The van der Waals surface area contributed by atoms with Crippen molar-refractivity contribution in [3.63, 3.8) is 0 Å². The van der Waals surface area contributed by atoms with Crippen LogP contribution in [0.25, 0.3) is 0 Å². The lowest BCUT2D eigenvalue weighted by Crippen LogP contribution is -2.51. The van der Waals surface area contributed by atoms with Crippen molar-refractivity contribution in [1.82, 2.24) is 5.32 Å². The molecule has 2 aromatic rings. The van der Waals surface area contributed by atoms with Gasteiger partial charge >= 0.3 is 0 Å². The van der Waals surface area contributed by atoms with E-state index in [0.29, 0.717) is 28.5 Å². The van der Waals surface area contributed by atoms with Crippen LogP contribution >= 0.6 is 27.7 Å². The van der Waals surface area contributed by atoms with Crippen molar-refractivity contribution >= 4 is 38.8 Å². The second-order valence-electron chi connectivity index (χ2n) is 7.12. The van der Waals surface area contributed by atoms with Crippen molar-refractivity contribution in [2.75, 3.05) is 19.0 Å². The topological polar surface area (TPSA) is 50.7 Å². The maximum Gasteiger partial charge on any atom is 0.257 e. The molecule has 3 atom stereocenters. The summed E-state index contributed by atoms with van der Waals surface area (Å²) in [6.45, 7) is -0.523. The number of fused-ring (bicyclic) bond motifs is 1. The molecular weight excluding hydrogens is 462 g/mol. The number of aliphatic imine (C=N–C) groups is 1. The predicted octanol–water partition coefficient (Wildman–Crippen LogP) is 4.69. The molecule has 1 fully saturated rings. The Morgan fingerprint density at radius 1 is 1.31 bits per heavy atom. The van der Waals surface area contributed by atoms with Crippen LogP contribution in [0.3, 0.4) is 0 Å². The molecule has 0 saturated carbocycles. The van der Waals surface area contributed by atoms with Crippen molar-refractivity contribution in [1.29, 1.82) is 0 Å². The number of hydrogen-bond donors (Lipinski definition) is 1. The number of halogens is 3. The fraction of sp³-hybridized carbons (Fsp3) is 0.333. The molecule has 4 nitrogen and oxygen atoms in total. The second-order valence-corrected chi connectivity index (χ2v) is 9.04. The number of carbonyl (C=O) groups excluding carboxylic acids is 1. The van der Waals surface area contributed by atoms with Gasteiger partial charge < -0.3 is 10.1 Å². The van der Waals surface area contributed by atoms with E-state index in [2.05, 4.69) is 21.2 Å². The van der Waals surface area contributed by atoms with Gasteiger partial charge in [-0.1, -0.05) is 45.9 Å². The molecule has 1 amide bonds. The summed E-state index contributed by atoms with van der Waals surface area (Å²) in [6, 6.07) is 13.5. The maximum atomic E-state index is 14.8. The van der Waals surface area contributed by atoms with Crippen LogP contribution in [-0.4, -0.2) is 36.2 Å². The highest BCUT2D eigenvalue weighted by Gasteiger charge is 2.49. The van der Waals surface area contributed by atoms with Gasteiger partial charge in [-0.15, -0.1) is 0 Å². The molecule has 152 valence electrons. The Hall–Kier alpha value is -1.77. The first-order valence-electron chi connectivity index (χ1n) is 9.24. The quantitative estimate of drug-likeness (QED) is 0.692. The number of ether oxygens (including phenoxy) is 1. The van der Waals surface area contributed by atoms with E-state index in [-0.39, 0.29) is 18.4 Å². The van der Waals surface area contributed by atoms with E-state index >= 15 is 0 Å². The third-order valence-electron chi connectivity index (χ3n) is 5.31. The Morgan fingerprint density at radius 3 is 2.86 bits per heavy atom. The molecule has 2 aliphatic rings. The molecule has 2 heterocycles. The summed E-state index contributed by atoms with van der Waals surface area (Å²) < 4.78 is 34.5. The molecule has 29 heavy (non-hydrogen) atoms. The van der Waals surface area contributed by atoms with E-state index in [1.165, 1.54) is 17.8 Å². The van der Waals surface area contributed by atoms with Crippen LogP contribution in [0.1, 0.15) is 22.3 Å². The first-order chi connectivity index (χ1) is 14.0. The highest BCUT2D eigenvalue weighted by molar-refractivity contribution is 9.10. The third kappa shape index (κ3) is 4.11. The zero-order valence-electron chi connectivity index (χ0n) is 15.4. The van der Waals surface area contributed by atoms with E-state index < -0.39 is 24.1 Å². The van der Waals surface area contributed by atoms with Gasteiger partial charge in [0.05, 0.1) is 12.7 Å². The molecule has 4 rings (SSSR count). The van der Waals surface area contributed by atoms with Gasteiger partial charge in [-0.25, -0.2) is 13.8 Å². The lowest BCUT2D eigenvalue weighted by molar-refractivity contribution is -0.0653. The minimum atomic E-state index is -1.01. The van der Waals surface area contributed by atoms with Gasteiger partial charge in [0, 0.05) is 27.3 Å². The summed E-state index contributed by atoms with van der Waals surface area (Å²) in [4.78, 5) is 17.3. The van der Waals surface area contributed by atoms with Gasteiger partial charge in [0.15, 0.2) is 5.17 Å². The number of rotatable bonds is 3. The lowest BCUT2D eigenvalue weighted by atomic mass is 9.75. The number of carbonyl (C=O) groups is 1. The van der Waals surface area contributed by atoms with Gasteiger partial charge in [0.25, 0.3) is 5.91 Å². The fourth-order valence-corrected chi connectivity index (χ4v) is 5.31. The molecule has 8 heteroatoms. The molecule has 0 spiro atoms. The number of amidine groups is 1. The van der Waals surface area contributed by atoms with Crippen LogP contribution in [0.15, 0.2) is 58.0 Å². The second kappa shape index (κ2) is 8.53. The van der Waals surface area contributed by atoms with Crippen molar-refractivity contribution in [3.05, 3.63) is 69.9 Å². The fourth-order valence-electron chi connectivity index (χ4n) is 3.78. The van der Waals surface area contributed by atoms with Crippen LogP contribution in [0, 0.1) is 11.7 Å². The van der Waals surface area contributed by atoms with E-state index in [1.54, 1.807) is 36.4 Å². The molecule has 1 N–H and O–H groups in total. The number of nitrogens with one attached hydrogen (secondary N) is 1. The summed E-state index contributed by atoms with van der Waals surface area (Å²) in [7, 11) is 0. The van der Waals surface area contributed by atoms with Crippen LogP contribution in [-0.2, 0) is 10.3 Å². The average Bonchev–Trinajstić information content (AvgIpc) is 2.75. The average molecular weight is 481 g/mol. The van der Waals surface area contributed by atoms with Gasteiger partial charge in [-0.3, -0.25) is 4.79 Å². The van der Waals surface area contributed by atoms with Crippen molar-refractivity contribution < 1.29 is 18.3 Å². The van der Waals surface area contributed by atoms with Crippen LogP contribution in [0.2, 0.25) is 0 Å². The maximum absolute atomic E-state index is 14.8. The Labute approximate surface area is 180 Å². The van der Waals surface area contributed by atoms with Crippen molar-refractivity contribution in [2.24, 2.45) is 10.9 Å². The van der Waals surface area contributed by atoms with E-state index in [9.17, 15) is 13.6 Å². The molecule has 2 aromatic carbocycles. The largest absolute Gasteiger partial charge is 0.373 e. The number of benzene rings is 2. The SMILES string of the molecule is O=C(NC1=N[C@@]2(c3cc(Br)ccc3F)CO[C@@H](CF)C[C@H]2CS1)c1ccccc1. The summed E-state index contributed by atoms with van der Waals surface area (Å²) >= 11 is 4.79. The first-order valence-corrected chi connectivity index (χ1v) is 11.0. The third-order valence-corrected chi connectivity index (χ3v) is 6.84.